The lowest BCUT2D eigenvalue weighted by Crippen LogP contribution is -2.37. The second-order valence-corrected chi connectivity index (χ2v) is 9.20. The van der Waals surface area contributed by atoms with Gasteiger partial charge in [-0.3, -0.25) is 4.79 Å². The molecule has 8 heteroatoms. The maximum absolute atomic E-state index is 12.1. The lowest BCUT2D eigenvalue weighted by atomic mass is 9.97. The van der Waals surface area contributed by atoms with E-state index in [2.05, 4.69) is 47.3 Å². The number of para-hydroxylation sites is 1. The molecule has 182 valence electrons. The van der Waals surface area contributed by atoms with Gasteiger partial charge in [0.25, 0.3) is 0 Å². The van der Waals surface area contributed by atoms with Gasteiger partial charge >= 0.3 is 5.97 Å². The number of carbonyl (C=O) groups is 1. The molecular formula is C28H28N6O2. The molecule has 0 amide bonds. The highest BCUT2D eigenvalue weighted by molar-refractivity contribution is 5.99. The first-order valence-corrected chi connectivity index (χ1v) is 12.4. The molecule has 0 spiro atoms. The monoisotopic (exact) mass is 480 g/mol. The number of esters is 1. The summed E-state index contributed by atoms with van der Waals surface area (Å²) in [6.07, 6.45) is 7.21. The average Bonchev–Trinajstić information content (AvgIpc) is 3.55. The smallest absolute Gasteiger partial charge is 0.309 e. The van der Waals surface area contributed by atoms with Gasteiger partial charge in [-0.1, -0.05) is 18.2 Å². The lowest BCUT2D eigenvalue weighted by molar-refractivity contribution is -0.148. The van der Waals surface area contributed by atoms with Gasteiger partial charge in [0.05, 0.1) is 41.6 Å². The zero-order valence-electron chi connectivity index (χ0n) is 20.5. The second-order valence-electron chi connectivity index (χ2n) is 9.20. The van der Waals surface area contributed by atoms with Gasteiger partial charge in [0, 0.05) is 30.2 Å². The molecular weight excluding hydrogens is 452 g/mol. The summed E-state index contributed by atoms with van der Waals surface area (Å²) in [7, 11) is 0. The number of fused-ring (bicyclic) bond motifs is 2. The number of aryl methyl sites for hydroxylation is 1. The molecule has 1 aromatic carbocycles. The number of hydrogen-bond donors (Lipinski definition) is 0. The van der Waals surface area contributed by atoms with Gasteiger partial charge in [-0.15, -0.1) is 0 Å². The Morgan fingerprint density at radius 3 is 2.72 bits per heavy atom. The minimum atomic E-state index is -0.0798. The van der Waals surface area contributed by atoms with Crippen LogP contribution in [0.3, 0.4) is 0 Å². The van der Waals surface area contributed by atoms with Crippen molar-refractivity contribution in [2.45, 2.75) is 26.7 Å². The van der Waals surface area contributed by atoms with Gasteiger partial charge in [-0.2, -0.15) is 10.2 Å². The molecule has 1 aliphatic heterocycles. The molecule has 0 saturated carbocycles. The number of aromatic nitrogens is 5. The van der Waals surface area contributed by atoms with E-state index in [1.54, 1.807) is 6.20 Å². The highest BCUT2D eigenvalue weighted by atomic mass is 16.5. The lowest BCUT2D eigenvalue weighted by Gasteiger charge is -2.31. The van der Waals surface area contributed by atoms with Crippen LogP contribution in [-0.2, 0) is 9.53 Å². The second kappa shape index (κ2) is 9.11. The normalized spacial score (nSPS) is 14.6. The molecule has 5 heterocycles. The van der Waals surface area contributed by atoms with Crippen LogP contribution in [0, 0.1) is 12.8 Å². The summed E-state index contributed by atoms with van der Waals surface area (Å²) in [5.41, 5.74) is 6.11. The average molecular weight is 481 g/mol. The van der Waals surface area contributed by atoms with Crippen molar-refractivity contribution >= 4 is 28.2 Å². The maximum Gasteiger partial charge on any atom is 0.309 e. The predicted molar refractivity (Wildman–Crippen MR) is 139 cm³/mol. The molecule has 0 bridgehead atoms. The van der Waals surface area contributed by atoms with E-state index in [1.165, 1.54) is 0 Å². The van der Waals surface area contributed by atoms with E-state index in [9.17, 15) is 4.79 Å². The Morgan fingerprint density at radius 2 is 1.94 bits per heavy atom. The van der Waals surface area contributed by atoms with Crippen LogP contribution in [0.2, 0.25) is 0 Å². The Hall–Kier alpha value is -4.20. The molecule has 0 unspecified atom stereocenters. The molecule has 0 N–H and O–H groups in total. The van der Waals surface area contributed by atoms with Crippen LogP contribution >= 0.6 is 0 Å². The van der Waals surface area contributed by atoms with E-state index < -0.39 is 0 Å². The standard InChI is InChI=1S/C28H28N6O2/c1-3-36-28(35)20-12-16-32(17-13-20)25-10-9-21(18-29-25)34-27-19(2)6-4-7-23(27)26(31-34)22-8-5-15-33-24(22)11-14-30-33/h4-11,14-15,18,20H,3,12-13,16-17H2,1-2H3. The number of anilines is 1. The van der Waals surface area contributed by atoms with Crippen LogP contribution in [-0.4, -0.2) is 50.0 Å². The van der Waals surface area contributed by atoms with Gasteiger partial charge in [-0.05, 0) is 62.6 Å². The minimum Gasteiger partial charge on any atom is -0.466 e. The fourth-order valence-corrected chi connectivity index (χ4v) is 5.17. The number of hydrogen-bond acceptors (Lipinski definition) is 6. The molecule has 0 radical (unpaired) electrons. The van der Waals surface area contributed by atoms with Crippen LogP contribution < -0.4 is 4.90 Å². The van der Waals surface area contributed by atoms with Crippen molar-refractivity contribution in [2.24, 2.45) is 5.92 Å². The highest BCUT2D eigenvalue weighted by Crippen LogP contribution is 2.34. The zero-order valence-corrected chi connectivity index (χ0v) is 20.5. The fourth-order valence-electron chi connectivity index (χ4n) is 5.17. The van der Waals surface area contributed by atoms with Crippen molar-refractivity contribution in [3.63, 3.8) is 0 Å². The predicted octanol–water partition coefficient (Wildman–Crippen LogP) is 4.82. The molecule has 5 aromatic rings. The van der Waals surface area contributed by atoms with Gasteiger partial charge in [-0.25, -0.2) is 14.2 Å². The van der Waals surface area contributed by atoms with Gasteiger partial charge in [0.2, 0.25) is 0 Å². The molecule has 1 aliphatic rings. The number of ether oxygens (including phenoxy) is 1. The van der Waals surface area contributed by atoms with Crippen molar-refractivity contribution in [2.75, 3.05) is 24.6 Å². The van der Waals surface area contributed by atoms with E-state index in [-0.39, 0.29) is 11.9 Å². The first-order chi connectivity index (χ1) is 17.6. The zero-order chi connectivity index (χ0) is 24.6. The van der Waals surface area contributed by atoms with Crippen LogP contribution in [0.15, 0.2) is 67.1 Å². The number of piperidine rings is 1. The van der Waals surface area contributed by atoms with Crippen LogP contribution in [0.4, 0.5) is 5.82 Å². The Bertz CT molecular complexity index is 1540. The number of nitrogens with zero attached hydrogens (tertiary/aromatic N) is 6. The summed E-state index contributed by atoms with van der Waals surface area (Å²) in [6.45, 7) is 5.98. The van der Waals surface area contributed by atoms with Crippen molar-refractivity contribution in [3.05, 3.63) is 72.7 Å². The van der Waals surface area contributed by atoms with E-state index in [0.717, 1.165) is 70.7 Å². The molecule has 4 aromatic heterocycles. The molecule has 6 rings (SSSR count). The summed E-state index contributed by atoms with van der Waals surface area (Å²) in [6, 6.07) is 16.5. The van der Waals surface area contributed by atoms with Crippen LogP contribution in [0.25, 0.3) is 33.4 Å². The van der Waals surface area contributed by atoms with Crippen molar-refractivity contribution in [1.29, 1.82) is 0 Å². The number of rotatable bonds is 5. The Balaban J connectivity index is 1.33. The summed E-state index contributed by atoms with van der Waals surface area (Å²) in [5.74, 6) is 0.819. The van der Waals surface area contributed by atoms with E-state index in [0.29, 0.717) is 6.61 Å². The summed E-state index contributed by atoms with van der Waals surface area (Å²) in [4.78, 5) is 19.1. The van der Waals surface area contributed by atoms with E-state index in [4.69, 9.17) is 14.8 Å². The SMILES string of the molecule is CCOC(=O)C1CCN(c2ccc(-n3nc(-c4cccn5nccc45)c4cccc(C)c43)cn2)CC1. The summed E-state index contributed by atoms with van der Waals surface area (Å²) in [5, 5.41) is 10.6. The Morgan fingerprint density at radius 1 is 1.08 bits per heavy atom. The quantitative estimate of drug-likeness (QED) is 0.336. The molecule has 1 saturated heterocycles. The van der Waals surface area contributed by atoms with Crippen LogP contribution in [0.5, 0.6) is 0 Å². The number of carbonyl (C=O) groups excluding carboxylic acids is 1. The van der Waals surface area contributed by atoms with Crippen molar-refractivity contribution in [3.8, 4) is 16.9 Å². The minimum absolute atomic E-state index is 0.0162. The maximum atomic E-state index is 12.1. The van der Waals surface area contributed by atoms with E-state index in [1.807, 2.05) is 46.7 Å². The first-order valence-electron chi connectivity index (χ1n) is 12.4. The first kappa shape index (κ1) is 22.3. The third-order valence-corrected chi connectivity index (χ3v) is 7.01. The summed E-state index contributed by atoms with van der Waals surface area (Å²) < 4.78 is 9.06. The van der Waals surface area contributed by atoms with Crippen molar-refractivity contribution in [1.82, 2.24) is 24.4 Å². The molecule has 36 heavy (non-hydrogen) atoms. The third kappa shape index (κ3) is 3.79. The largest absolute Gasteiger partial charge is 0.466 e. The topological polar surface area (TPSA) is 77.5 Å². The number of pyridine rings is 2. The van der Waals surface area contributed by atoms with Gasteiger partial charge < -0.3 is 9.64 Å². The van der Waals surface area contributed by atoms with Gasteiger partial charge in [0.1, 0.15) is 11.5 Å². The summed E-state index contributed by atoms with van der Waals surface area (Å²) >= 11 is 0. The Labute approximate surface area is 209 Å². The third-order valence-electron chi connectivity index (χ3n) is 7.01. The van der Waals surface area contributed by atoms with Gasteiger partial charge in [0.15, 0.2) is 0 Å². The molecule has 1 fully saturated rings. The molecule has 0 aliphatic carbocycles. The van der Waals surface area contributed by atoms with E-state index >= 15 is 0 Å². The number of benzene rings is 1. The Kier molecular flexibility index (Phi) is 5.64. The molecule has 0 atom stereocenters. The van der Waals surface area contributed by atoms with Crippen molar-refractivity contribution < 1.29 is 9.53 Å². The molecule has 8 nitrogen and oxygen atoms in total. The highest BCUT2D eigenvalue weighted by Gasteiger charge is 2.26. The fraction of sp³-hybridized carbons (Fsp3) is 0.286. The van der Waals surface area contributed by atoms with Crippen LogP contribution in [0.1, 0.15) is 25.3 Å².